The molecule has 0 bridgehead atoms. The van der Waals surface area contributed by atoms with E-state index in [4.69, 9.17) is 10.5 Å². The summed E-state index contributed by atoms with van der Waals surface area (Å²) >= 11 is 0. The van der Waals surface area contributed by atoms with Gasteiger partial charge in [-0.3, -0.25) is 0 Å². The monoisotopic (exact) mass is 261 g/mol. The third-order valence-corrected chi connectivity index (χ3v) is 3.63. The Kier molecular flexibility index (Phi) is 3.59. The van der Waals surface area contributed by atoms with Gasteiger partial charge >= 0.3 is 0 Å². The van der Waals surface area contributed by atoms with Crippen molar-refractivity contribution in [2.45, 2.75) is 44.8 Å². The highest BCUT2D eigenvalue weighted by atomic mass is 16.5. The zero-order valence-electron chi connectivity index (χ0n) is 11.0. The van der Waals surface area contributed by atoms with Gasteiger partial charge in [-0.15, -0.1) is 0 Å². The number of aryl methyl sites for hydroxylation is 1. The van der Waals surface area contributed by atoms with E-state index >= 15 is 0 Å². The van der Waals surface area contributed by atoms with Crippen LogP contribution in [0.5, 0.6) is 0 Å². The summed E-state index contributed by atoms with van der Waals surface area (Å²) in [5, 5.41) is 0. The summed E-state index contributed by atoms with van der Waals surface area (Å²) < 4.78 is 7.85. The van der Waals surface area contributed by atoms with Gasteiger partial charge in [0.05, 0.1) is 12.4 Å². The fourth-order valence-electron chi connectivity index (χ4n) is 2.60. The van der Waals surface area contributed by atoms with E-state index in [9.17, 15) is 0 Å². The second kappa shape index (κ2) is 5.52. The van der Waals surface area contributed by atoms with Crippen molar-refractivity contribution in [2.75, 3.05) is 12.3 Å². The molecule has 1 aliphatic rings. The van der Waals surface area contributed by atoms with E-state index in [1.54, 1.807) is 6.33 Å². The van der Waals surface area contributed by atoms with Gasteiger partial charge in [-0.2, -0.15) is 0 Å². The predicted molar refractivity (Wildman–Crippen MR) is 72.6 cm³/mol. The Balaban J connectivity index is 1.55. The number of hydrogen-bond donors (Lipinski definition) is 1. The molecule has 19 heavy (non-hydrogen) atoms. The molecule has 0 aromatic carbocycles. The first kappa shape index (κ1) is 12.3. The van der Waals surface area contributed by atoms with Gasteiger partial charge in [-0.1, -0.05) is 12.8 Å². The Labute approximate surface area is 112 Å². The molecule has 6 nitrogen and oxygen atoms in total. The van der Waals surface area contributed by atoms with Crippen molar-refractivity contribution in [3.05, 3.63) is 12.7 Å². The molecule has 1 fully saturated rings. The maximum atomic E-state index is 5.85. The van der Waals surface area contributed by atoms with Crippen molar-refractivity contribution < 1.29 is 4.74 Å². The van der Waals surface area contributed by atoms with E-state index in [0.29, 0.717) is 17.4 Å². The summed E-state index contributed by atoms with van der Waals surface area (Å²) in [6.45, 7) is 1.64. The van der Waals surface area contributed by atoms with Gasteiger partial charge in [0.1, 0.15) is 11.8 Å². The van der Waals surface area contributed by atoms with Crippen LogP contribution in [0.25, 0.3) is 11.2 Å². The summed E-state index contributed by atoms with van der Waals surface area (Å²) in [6, 6.07) is 0. The van der Waals surface area contributed by atoms with Crippen LogP contribution in [-0.4, -0.2) is 32.2 Å². The molecule has 0 radical (unpaired) electrons. The molecular weight excluding hydrogens is 242 g/mol. The second-order valence-corrected chi connectivity index (χ2v) is 5.00. The standard InChI is InChI=1S/C13H19N5O/c14-12-11-13(16-8-15-12)18(9-17-11)6-3-7-19-10-4-1-2-5-10/h8-10H,1-7H2,(H2,14,15,16). The van der Waals surface area contributed by atoms with Crippen LogP contribution in [-0.2, 0) is 11.3 Å². The van der Waals surface area contributed by atoms with Crippen molar-refractivity contribution in [1.82, 2.24) is 19.5 Å². The van der Waals surface area contributed by atoms with Crippen LogP contribution >= 0.6 is 0 Å². The SMILES string of the molecule is Nc1ncnc2c1ncn2CCCOC1CCCC1. The van der Waals surface area contributed by atoms with E-state index in [0.717, 1.165) is 25.2 Å². The Hall–Kier alpha value is -1.69. The number of imidazole rings is 1. The molecule has 1 aliphatic carbocycles. The molecule has 102 valence electrons. The van der Waals surface area contributed by atoms with Crippen molar-refractivity contribution >= 4 is 17.0 Å². The van der Waals surface area contributed by atoms with Crippen LogP contribution in [0.3, 0.4) is 0 Å². The molecular formula is C13H19N5O. The molecule has 0 aliphatic heterocycles. The number of ether oxygens (including phenoxy) is 1. The zero-order chi connectivity index (χ0) is 13.1. The fourth-order valence-corrected chi connectivity index (χ4v) is 2.60. The minimum absolute atomic E-state index is 0.436. The number of nitrogens with two attached hydrogens (primary N) is 1. The van der Waals surface area contributed by atoms with Crippen LogP contribution in [0.2, 0.25) is 0 Å². The lowest BCUT2D eigenvalue weighted by molar-refractivity contribution is 0.0550. The van der Waals surface area contributed by atoms with E-state index in [1.165, 1.54) is 32.0 Å². The highest BCUT2D eigenvalue weighted by Crippen LogP contribution is 2.21. The fraction of sp³-hybridized carbons (Fsp3) is 0.615. The molecule has 0 amide bonds. The van der Waals surface area contributed by atoms with Crippen molar-refractivity contribution in [3.63, 3.8) is 0 Å². The maximum Gasteiger partial charge on any atom is 0.165 e. The summed E-state index contributed by atoms with van der Waals surface area (Å²) in [5.41, 5.74) is 7.23. The Morgan fingerprint density at radius 3 is 2.95 bits per heavy atom. The van der Waals surface area contributed by atoms with Crippen LogP contribution in [0.15, 0.2) is 12.7 Å². The van der Waals surface area contributed by atoms with E-state index in [1.807, 2.05) is 4.57 Å². The normalized spacial score (nSPS) is 16.4. The smallest absolute Gasteiger partial charge is 0.165 e. The van der Waals surface area contributed by atoms with Crippen LogP contribution in [0.1, 0.15) is 32.1 Å². The Morgan fingerprint density at radius 2 is 2.11 bits per heavy atom. The minimum atomic E-state index is 0.436. The Bertz CT molecular complexity index is 547. The van der Waals surface area contributed by atoms with Crippen molar-refractivity contribution in [1.29, 1.82) is 0 Å². The summed E-state index contributed by atoms with van der Waals surface area (Å²) in [6.07, 6.45) is 9.76. The van der Waals surface area contributed by atoms with Gasteiger partial charge in [-0.25, -0.2) is 15.0 Å². The highest BCUT2D eigenvalue weighted by molar-refractivity contribution is 5.80. The van der Waals surface area contributed by atoms with Crippen LogP contribution < -0.4 is 5.73 Å². The number of anilines is 1. The second-order valence-electron chi connectivity index (χ2n) is 5.00. The molecule has 0 atom stereocenters. The number of nitrogens with zero attached hydrogens (tertiary/aromatic N) is 4. The first-order valence-corrected chi connectivity index (χ1v) is 6.87. The van der Waals surface area contributed by atoms with Crippen LogP contribution in [0, 0.1) is 0 Å². The molecule has 2 N–H and O–H groups in total. The van der Waals surface area contributed by atoms with Crippen molar-refractivity contribution in [2.24, 2.45) is 0 Å². The Morgan fingerprint density at radius 1 is 1.26 bits per heavy atom. The molecule has 3 rings (SSSR count). The minimum Gasteiger partial charge on any atom is -0.382 e. The summed E-state index contributed by atoms with van der Waals surface area (Å²) in [7, 11) is 0. The molecule has 2 aromatic heterocycles. The van der Waals surface area contributed by atoms with Crippen LogP contribution in [0.4, 0.5) is 5.82 Å². The van der Waals surface area contributed by atoms with E-state index < -0.39 is 0 Å². The third-order valence-electron chi connectivity index (χ3n) is 3.63. The first-order chi connectivity index (χ1) is 9.34. The quantitative estimate of drug-likeness (QED) is 0.830. The van der Waals surface area contributed by atoms with E-state index in [-0.39, 0.29) is 0 Å². The van der Waals surface area contributed by atoms with E-state index in [2.05, 4.69) is 15.0 Å². The summed E-state index contributed by atoms with van der Waals surface area (Å²) in [4.78, 5) is 12.4. The largest absolute Gasteiger partial charge is 0.382 e. The summed E-state index contributed by atoms with van der Waals surface area (Å²) in [5.74, 6) is 0.436. The maximum absolute atomic E-state index is 5.85. The number of nitrogen functional groups attached to an aromatic ring is 1. The topological polar surface area (TPSA) is 78.9 Å². The number of hydrogen-bond acceptors (Lipinski definition) is 5. The molecule has 2 aromatic rings. The number of fused-ring (bicyclic) bond motifs is 1. The molecule has 0 spiro atoms. The lowest BCUT2D eigenvalue weighted by Gasteiger charge is -2.11. The molecule has 6 heteroatoms. The average Bonchev–Trinajstić information content (AvgIpc) is 3.05. The predicted octanol–water partition coefficient (Wildman–Crippen LogP) is 1.76. The number of aromatic nitrogens is 4. The third kappa shape index (κ3) is 2.68. The molecule has 2 heterocycles. The lowest BCUT2D eigenvalue weighted by atomic mass is 10.3. The number of rotatable bonds is 5. The zero-order valence-corrected chi connectivity index (χ0v) is 11.0. The lowest BCUT2D eigenvalue weighted by Crippen LogP contribution is -2.10. The van der Waals surface area contributed by atoms with Crippen molar-refractivity contribution in [3.8, 4) is 0 Å². The van der Waals surface area contributed by atoms with Gasteiger partial charge < -0.3 is 15.0 Å². The van der Waals surface area contributed by atoms with Gasteiger partial charge in [0.2, 0.25) is 0 Å². The average molecular weight is 261 g/mol. The highest BCUT2D eigenvalue weighted by Gasteiger charge is 2.14. The molecule has 0 saturated heterocycles. The van der Waals surface area contributed by atoms with Gasteiger partial charge in [-0.05, 0) is 19.3 Å². The van der Waals surface area contributed by atoms with Gasteiger partial charge in [0.15, 0.2) is 11.5 Å². The molecule has 1 saturated carbocycles. The van der Waals surface area contributed by atoms with Gasteiger partial charge in [0, 0.05) is 13.2 Å². The first-order valence-electron chi connectivity index (χ1n) is 6.87. The van der Waals surface area contributed by atoms with Gasteiger partial charge in [0.25, 0.3) is 0 Å². The molecule has 0 unspecified atom stereocenters.